The highest BCUT2D eigenvalue weighted by Gasteiger charge is 1.90. The molecule has 0 aromatic carbocycles. The van der Waals surface area contributed by atoms with Gasteiger partial charge >= 0.3 is 0 Å². The second kappa shape index (κ2) is 11.1. The molecule has 0 aromatic rings. The van der Waals surface area contributed by atoms with Crippen LogP contribution in [0.3, 0.4) is 0 Å². The topological polar surface area (TPSA) is 17.1 Å². The lowest BCUT2D eigenvalue weighted by Crippen LogP contribution is -1.96. The minimum absolute atomic E-state index is 0.584. The normalized spacial score (nSPS) is 13.8. The average molecular weight is 248 g/mol. The Morgan fingerprint density at radius 1 is 1.36 bits per heavy atom. The van der Waals surface area contributed by atoms with Crippen LogP contribution in [0.25, 0.3) is 0 Å². The fourth-order valence-corrected chi connectivity index (χ4v) is 2.98. The first-order valence-electron chi connectivity index (χ1n) is 4.31. The fraction of sp³-hybridized carbons (Fsp3) is 0.400. The predicted molar refractivity (Wildman–Crippen MR) is 72.1 cm³/mol. The lowest BCUT2D eigenvalue weighted by molar-refractivity contribution is 0.687. The van der Waals surface area contributed by atoms with E-state index in [-0.39, 0.29) is 0 Å². The molecule has 0 N–H and O–H groups in total. The molecule has 1 atom stereocenters. The summed E-state index contributed by atoms with van der Waals surface area (Å²) in [6, 6.07) is 0. The summed E-state index contributed by atoms with van der Waals surface area (Å²) in [5.74, 6) is 2.23. The molecule has 0 rings (SSSR count). The zero-order valence-corrected chi connectivity index (χ0v) is 10.8. The van der Waals surface area contributed by atoms with Crippen molar-refractivity contribution >= 4 is 32.4 Å². The molecular weight excluding hydrogens is 232 g/mol. The Labute approximate surface area is 97.0 Å². The maximum Gasteiger partial charge on any atom is 0.0426 e. The number of allylic oxidation sites excluding steroid dienone is 1. The van der Waals surface area contributed by atoms with Crippen molar-refractivity contribution in [1.82, 2.24) is 0 Å². The number of hydrogen-bond donors (Lipinski definition) is 0. The third-order valence-electron chi connectivity index (χ3n) is 1.21. The van der Waals surface area contributed by atoms with E-state index in [0.29, 0.717) is 11.5 Å². The van der Waals surface area contributed by atoms with E-state index in [2.05, 4.69) is 12.7 Å². The van der Waals surface area contributed by atoms with Gasteiger partial charge in [-0.1, -0.05) is 45.9 Å². The first-order chi connectivity index (χ1) is 6.81. The quantitative estimate of drug-likeness (QED) is 0.372. The highest BCUT2D eigenvalue weighted by molar-refractivity contribution is 8.77. The maximum absolute atomic E-state index is 11.1. The smallest absolute Gasteiger partial charge is 0.0426 e. The Balaban J connectivity index is 3.35. The molecule has 0 amide bonds. The monoisotopic (exact) mass is 248 g/mol. The van der Waals surface area contributed by atoms with Crippen LogP contribution in [0.15, 0.2) is 36.3 Å². The van der Waals surface area contributed by atoms with Crippen LogP contribution in [0.2, 0.25) is 0 Å². The van der Waals surface area contributed by atoms with Crippen LogP contribution >= 0.6 is 21.6 Å². The number of hydrogen-bond acceptors (Lipinski definition) is 3. The van der Waals surface area contributed by atoms with Gasteiger partial charge in [-0.05, 0) is 12.3 Å². The van der Waals surface area contributed by atoms with Gasteiger partial charge in [0.1, 0.15) is 0 Å². The summed E-state index contributed by atoms with van der Waals surface area (Å²) in [5, 5.41) is 2.00. The fourth-order valence-electron chi connectivity index (χ4n) is 0.599. The minimum atomic E-state index is -0.770. The first-order valence-corrected chi connectivity index (χ1v) is 8.18. The zero-order chi connectivity index (χ0) is 10.6. The summed E-state index contributed by atoms with van der Waals surface area (Å²) in [7, 11) is 2.67. The molecule has 0 aliphatic carbocycles. The molecule has 1 unspecified atom stereocenters. The molecule has 0 saturated carbocycles. The molecule has 0 fully saturated rings. The molecule has 0 radical (unpaired) electrons. The van der Waals surface area contributed by atoms with Crippen LogP contribution in [0.4, 0.5) is 0 Å². The predicted octanol–water partition coefficient (Wildman–Crippen LogP) is 3.39. The Bertz CT molecular complexity index is 221. The SMILES string of the molecule is C=CCS(=O)C/C=C/SSC/C=C/C. The molecular formula is C10H16OS3. The van der Waals surface area contributed by atoms with Crippen molar-refractivity contribution in [2.24, 2.45) is 0 Å². The summed E-state index contributed by atoms with van der Waals surface area (Å²) in [5.41, 5.74) is 0. The van der Waals surface area contributed by atoms with Gasteiger partial charge in [0.2, 0.25) is 0 Å². The van der Waals surface area contributed by atoms with Gasteiger partial charge in [-0.3, -0.25) is 4.21 Å². The molecule has 0 aliphatic rings. The molecule has 0 spiro atoms. The lowest BCUT2D eigenvalue weighted by atomic mass is 10.6. The Hall–Kier alpha value is 0.0700. The second-order valence-corrected chi connectivity index (χ2v) is 6.25. The van der Waals surface area contributed by atoms with Crippen molar-refractivity contribution in [3.05, 3.63) is 36.3 Å². The molecule has 0 aliphatic heterocycles. The third kappa shape index (κ3) is 10.2. The van der Waals surface area contributed by atoms with Gasteiger partial charge in [0.05, 0.1) is 0 Å². The van der Waals surface area contributed by atoms with Gasteiger partial charge in [-0.25, -0.2) is 0 Å². The first kappa shape index (κ1) is 14.1. The van der Waals surface area contributed by atoms with E-state index >= 15 is 0 Å². The molecule has 14 heavy (non-hydrogen) atoms. The van der Waals surface area contributed by atoms with Gasteiger partial charge < -0.3 is 0 Å². The van der Waals surface area contributed by atoms with Crippen molar-refractivity contribution in [3.8, 4) is 0 Å². The van der Waals surface area contributed by atoms with E-state index < -0.39 is 10.8 Å². The van der Waals surface area contributed by atoms with Crippen molar-refractivity contribution in [2.45, 2.75) is 6.92 Å². The second-order valence-electron chi connectivity index (χ2n) is 2.38. The Kier molecular flexibility index (Phi) is 11.2. The van der Waals surface area contributed by atoms with Gasteiger partial charge in [0, 0.05) is 28.1 Å². The van der Waals surface area contributed by atoms with E-state index in [1.165, 1.54) is 0 Å². The van der Waals surface area contributed by atoms with Crippen molar-refractivity contribution in [3.63, 3.8) is 0 Å². The molecule has 1 nitrogen and oxygen atoms in total. The summed E-state index contributed by atoms with van der Waals surface area (Å²) < 4.78 is 11.1. The van der Waals surface area contributed by atoms with E-state index in [4.69, 9.17) is 0 Å². The Morgan fingerprint density at radius 2 is 2.14 bits per heavy atom. The van der Waals surface area contributed by atoms with Gasteiger partial charge in [-0.15, -0.1) is 6.58 Å². The number of rotatable bonds is 8. The van der Waals surface area contributed by atoms with Crippen molar-refractivity contribution < 1.29 is 4.21 Å². The van der Waals surface area contributed by atoms with E-state index in [1.54, 1.807) is 27.7 Å². The van der Waals surface area contributed by atoms with Crippen LogP contribution in [-0.2, 0) is 10.8 Å². The van der Waals surface area contributed by atoms with Crippen LogP contribution in [0.1, 0.15) is 6.92 Å². The minimum Gasteiger partial charge on any atom is -0.259 e. The highest BCUT2D eigenvalue weighted by Crippen LogP contribution is 2.21. The summed E-state index contributed by atoms with van der Waals surface area (Å²) in [6.07, 6.45) is 7.79. The summed E-state index contributed by atoms with van der Waals surface area (Å²) >= 11 is 0. The molecule has 0 saturated heterocycles. The van der Waals surface area contributed by atoms with E-state index in [0.717, 1.165) is 5.75 Å². The van der Waals surface area contributed by atoms with Crippen molar-refractivity contribution in [2.75, 3.05) is 17.3 Å². The van der Waals surface area contributed by atoms with Gasteiger partial charge in [0.25, 0.3) is 0 Å². The standard InChI is InChI=1S/C10H16OS3/c1-3-5-7-12-13-8-6-10-14(11)9-4-2/h3-6,8H,2,7,9-10H2,1H3/b5-3+,8-6+. The summed E-state index contributed by atoms with van der Waals surface area (Å²) in [6.45, 7) is 5.56. The molecule has 0 heterocycles. The van der Waals surface area contributed by atoms with Crippen LogP contribution in [0.5, 0.6) is 0 Å². The van der Waals surface area contributed by atoms with Gasteiger partial charge in [0.15, 0.2) is 0 Å². The van der Waals surface area contributed by atoms with E-state index in [9.17, 15) is 4.21 Å². The maximum atomic E-state index is 11.1. The molecule has 4 heteroatoms. The van der Waals surface area contributed by atoms with E-state index in [1.807, 2.05) is 24.5 Å². The van der Waals surface area contributed by atoms with Crippen LogP contribution in [-0.4, -0.2) is 21.5 Å². The zero-order valence-electron chi connectivity index (χ0n) is 8.35. The summed E-state index contributed by atoms with van der Waals surface area (Å²) in [4.78, 5) is 0. The average Bonchev–Trinajstić information content (AvgIpc) is 2.17. The van der Waals surface area contributed by atoms with Crippen molar-refractivity contribution in [1.29, 1.82) is 0 Å². The third-order valence-corrected chi connectivity index (χ3v) is 4.30. The van der Waals surface area contributed by atoms with Crippen LogP contribution < -0.4 is 0 Å². The van der Waals surface area contributed by atoms with Gasteiger partial charge in [-0.2, -0.15) is 0 Å². The Morgan fingerprint density at radius 3 is 2.79 bits per heavy atom. The highest BCUT2D eigenvalue weighted by atomic mass is 33.1. The lowest BCUT2D eigenvalue weighted by Gasteiger charge is -1.92. The molecule has 80 valence electrons. The molecule has 0 aromatic heterocycles. The molecule has 0 bridgehead atoms. The largest absolute Gasteiger partial charge is 0.259 e. The van der Waals surface area contributed by atoms with Crippen LogP contribution in [0, 0.1) is 0 Å².